The van der Waals surface area contributed by atoms with Crippen molar-refractivity contribution >= 4 is 22.8 Å². The van der Waals surface area contributed by atoms with Gasteiger partial charge in [0.05, 0.1) is 13.1 Å². The molecular weight excluding hydrogens is 446 g/mol. The minimum Gasteiger partial charge on any atom is -0.454 e. The van der Waals surface area contributed by atoms with E-state index < -0.39 is 0 Å². The molecule has 3 amide bonds. The molecule has 6 rings (SSSR count). The third kappa shape index (κ3) is 4.39. The number of urea groups is 1. The molecule has 1 saturated heterocycles. The van der Waals surface area contributed by atoms with Gasteiger partial charge in [-0.1, -0.05) is 24.3 Å². The smallest absolute Gasteiger partial charge is 0.318 e. The number of aromatic amines is 1. The fourth-order valence-electron chi connectivity index (χ4n) is 5.19. The number of hydrogen-bond donors (Lipinski definition) is 2. The highest BCUT2D eigenvalue weighted by atomic mass is 16.7. The van der Waals surface area contributed by atoms with Crippen LogP contribution < -0.4 is 14.8 Å². The summed E-state index contributed by atoms with van der Waals surface area (Å²) in [4.78, 5) is 34.8. The zero-order chi connectivity index (χ0) is 23.8. The van der Waals surface area contributed by atoms with Crippen LogP contribution in [0.5, 0.6) is 11.5 Å². The number of nitrogens with zero attached hydrogens (tertiary/aromatic N) is 3. The monoisotopic (exact) mass is 475 g/mol. The fourth-order valence-corrected chi connectivity index (χ4v) is 5.19. The lowest BCUT2D eigenvalue weighted by atomic mass is 10.0. The van der Waals surface area contributed by atoms with Crippen molar-refractivity contribution < 1.29 is 19.1 Å². The summed E-state index contributed by atoms with van der Waals surface area (Å²) in [5.74, 6) is 1.54. The number of fused-ring (bicyclic) bond motifs is 4. The molecule has 0 radical (unpaired) electrons. The molecule has 0 saturated carbocycles. The highest BCUT2D eigenvalue weighted by Crippen LogP contribution is 2.33. The molecule has 182 valence electrons. The number of amides is 3. The van der Waals surface area contributed by atoms with Gasteiger partial charge in [-0.3, -0.25) is 9.69 Å². The van der Waals surface area contributed by atoms with Crippen molar-refractivity contribution in [1.82, 2.24) is 25.0 Å². The van der Waals surface area contributed by atoms with E-state index in [9.17, 15) is 9.59 Å². The predicted molar refractivity (Wildman–Crippen MR) is 130 cm³/mol. The summed E-state index contributed by atoms with van der Waals surface area (Å²) in [5, 5.41) is 4.06. The molecule has 0 spiro atoms. The molecule has 3 aromatic rings. The summed E-state index contributed by atoms with van der Waals surface area (Å²) in [6.07, 6.45) is 0.812. The Hall–Kier alpha value is -3.72. The Morgan fingerprint density at radius 2 is 1.77 bits per heavy atom. The van der Waals surface area contributed by atoms with Gasteiger partial charge in [0.25, 0.3) is 0 Å². The Kier molecular flexibility index (Phi) is 5.69. The minimum absolute atomic E-state index is 0.0249. The van der Waals surface area contributed by atoms with Crippen molar-refractivity contribution in [3.05, 3.63) is 59.3 Å². The third-order valence-corrected chi connectivity index (χ3v) is 7.13. The van der Waals surface area contributed by atoms with Crippen LogP contribution >= 0.6 is 0 Å². The number of piperazine rings is 1. The van der Waals surface area contributed by atoms with Crippen LogP contribution in [-0.4, -0.2) is 77.7 Å². The van der Waals surface area contributed by atoms with Crippen LogP contribution in [0, 0.1) is 0 Å². The molecule has 35 heavy (non-hydrogen) atoms. The molecule has 3 aliphatic heterocycles. The minimum atomic E-state index is -0.191. The lowest BCUT2D eigenvalue weighted by molar-refractivity contribution is -0.131. The van der Waals surface area contributed by atoms with E-state index in [0.29, 0.717) is 26.2 Å². The number of ether oxygens (including phenoxy) is 2. The van der Waals surface area contributed by atoms with E-state index in [1.54, 1.807) is 4.90 Å². The van der Waals surface area contributed by atoms with Crippen molar-refractivity contribution in [3.63, 3.8) is 0 Å². The van der Waals surface area contributed by atoms with E-state index in [1.165, 1.54) is 16.5 Å². The largest absolute Gasteiger partial charge is 0.454 e. The van der Waals surface area contributed by atoms with Crippen molar-refractivity contribution in [2.45, 2.75) is 19.5 Å². The van der Waals surface area contributed by atoms with Crippen molar-refractivity contribution in [2.75, 3.05) is 46.1 Å². The second-order valence-corrected chi connectivity index (χ2v) is 9.30. The van der Waals surface area contributed by atoms with E-state index >= 15 is 0 Å². The first-order valence-corrected chi connectivity index (χ1v) is 12.1. The SMILES string of the molecule is O=C(CNC(=O)N1CCc2c([nH]c3ccccc23)C1)N1CCN(Cc2ccc3c(c2)OCO3)CC1. The van der Waals surface area contributed by atoms with Gasteiger partial charge in [0.2, 0.25) is 12.7 Å². The quantitative estimate of drug-likeness (QED) is 0.605. The summed E-state index contributed by atoms with van der Waals surface area (Å²) < 4.78 is 10.8. The first-order valence-electron chi connectivity index (χ1n) is 12.1. The van der Waals surface area contributed by atoms with E-state index in [1.807, 2.05) is 29.2 Å². The molecule has 1 aromatic heterocycles. The predicted octanol–water partition coefficient (Wildman–Crippen LogP) is 2.31. The Balaban J connectivity index is 0.967. The summed E-state index contributed by atoms with van der Waals surface area (Å²) in [5.41, 5.74) is 4.64. The van der Waals surface area contributed by atoms with Crippen LogP contribution in [0.1, 0.15) is 16.8 Å². The van der Waals surface area contributed by atoms with Gasteiger partial charge < -0.3 is 29.6 Å². The molecular formula is C26H29N5O4. The number of benzene rings is 2. The molecule has 0 aliphatic carbocycles. The molecule has 4 heterocycles. The summed E-state index contributed by atoms with van der Waals surface area (Å²) >= 11 is 0. The zero-order valence-electron chi connectivity index (χ0n) is 19.6. The molecule has 1 fully saturated rings. The van der Waals surface area contributed by atoms with Gasteiger partial charge in [0.1, 0.15) is 0 Å². The standard InChI is InChI=1S/C26H29N5O4/c32-25(30-11-9-29(10-12-30)15-18-5-6-23-24(13-18)35-17-34-23)14-27-26(33)31-8-7-20-19-3-1-2-4-21(19)28-22(20)16-31/h1-6,13,28H,7-12,14-17H2,(H,27,33). The van der Waals surface area contributed by atoms with Crippen LogP contribution in [0.3, 0.4) is 0 Å². The van der Waals surface area contributed by atoms with E-state index in [-0.39, 0.29) is 25.3 Å². The van der Waals surface area contributed by atoms with Gasteiger partial charge in [-0.25, -0.2) is 4.79 Å². The topological polar surface area (TPSA) is 90.1 Å². The Labute approximate surface area is 203 Å². The number of hydrogen-bond acceptors (Lipinski definition) is 5. The second-order valence-electron chi connectivity index (χ2n) is 9.30. The number of carbonyl (C=O) groups excluding carboxylic acids is 2. The van der Waals surface area contributed by atoms with Gasteiger partial charge in [0.15, 0.2) is 11.5 Å². The van der Waals surface area contributed by atoms with E-state index in [0.717, 1.165) is 48.8 Å². The van der Waals surface area contributed by atoms with Crippen LogP contribution in [0.2, 0.25) is 0 Å². The molecule has 2 N–H and O–H groups in total. The number of aromatic nitrogens is 1. The van der Waals surface area contributed by atoms with Crippen molar-refractivity contribution in [3.8, 4) is 11.5 Å². The second kappa shape index (κ2) is 9.14. The number of para-hydroxylation sites is 1. The Morgan fingerprint density at radius 3 is 2.66 bits per heavy atom. The third-order valence-electron chi connectivity index (χ3n) is 7.13. The van der Waals surface area contributed by atoms with Gasteiger partial charge in [-0.05, 0) is 35.7 Å². The summed E-state index contributed by atoms with van der Waals surface area (Å²) in [6.45, 7) is 5.18. The maximum Gasteiger partial charge on any atom is 0.318 e. The summed E-state index contributed by atoms with van der Waals surface area (Å²) in [7, 11) is 0. The highest BCUT2D eigenvalue weighted by Gasteiger charge is 2.26. The lowest BCUT2D eigenvalue weighted by Crippen LogP contribution is -2.52. The molecule has 0 atom stereocenters. The number of H-pyrrole nitrogens is 1. The molecule has 0 bridgehead atoms. The molecule has 0 unspecified atom stereocenters. The van der Waals surface area contributed by atoms with Crippen LogP contribution in [0.25, 0.3) is 10.9 Å². The van der Waals surface area contributed by atoms with Crippen LogP contribution in [0.15, 0.2) is 42.5 Å². The van der Waals surface area contributed by atoms with Gasteiger partial charge in [-0.15, -0.1) is 0 Å². The first-order chi connectivity index (χ1) is 17.1. The zero-order valence-corrected chi connectivity index (χ0v) is 19.6. The van der Waals surface area contributed by atoms with Crippen LogP contribution in [-0.2, 0) is 24.3 Å². The van der Waals surface area contributed by atoms with Crippen molar-refractivity contribution in [2.24, 2.45) is 0 Å². The Morgan fingerprint density at radius 1 is 0.943 bits per heavy atom. The van der Waals surface area contributed by atoms with Crippen LogP contribution in [0.4, 0.5) is 4.79 Å². The highest BCUT2D eigenvalue weighted by molar-refractivity contribution is 5.86. The van der Waals surface area contributed by atoms with Crippen molar-refractivity contribution in [1.29, 1.82) is 0 Å². The Bertz CT molecular complexity index is 1260. The van der Waals surface area contributed by atoms with Gasteiger partial charge in [-0.2, -0.15) is 0 Å². The fraction of sp³-hybridized carbons (Fsp3) is 0.385. The molecule has 2 aromatic carbocycles. The molecule has 9 heteroatoms. The van der Waals surface area contributed by atoms with Gasteiger partial charge in [0, 0.05) is 55.9 Å². The number of carbonyl (C=O) groups is 2. The van der Waals surface area contributed by atoms with E-state index in [2.05, 4.69) is 33.4 Å². The molecule has 3 aliphatic rings. The summed E-state index contributed by atoms with van der Waals surface area (Å²) in [6, 6.07) is 14.1. The number of nitrogens with one attached hydrogen (secondary N) is 2. The molecule has 9 nitrogen and oxygen atoms in total. The average molecular weight is 476 g/mol. The van der Waals surface area contributed by atoms with E-state index in [4.69, 9.17) is 9.47 Å². The maximum atomic E-state index is 12.7. The average Bonchev–Trinajstić information content (AvgIpc) is 3.51. The maximum absolute atomic E-state index is 12.7. The van der Waals surface area contributed by atoms with Gasteiger partial charge >= 0.3 is 6.03 Å². The lowest BCUT2D eigenvalue weighted by Gasteiger charge is -2.35. The normalized spacial score (nSPS) is 17.5. The number of rotatable bonds is 4. The first kappa shape index (κ1) is 21.8.